The number of thiophene rings is 2. The van der Waals surface area contributed by atoms with Crippen molar-refractivity contribution in [3.8, 4) is 9.75 Å². The van der Waals surface area contributed by atoms with Gasteiger partial charge in [0.1, 0.15) is 15.7 Å². The van der Waals surface area contributed by atoms with E-state index in [1.165, 1.54) is 9.80 Å². The fourth-order valence-electron chi connectivity index (χ4n) is 5.46. The van der Waals surface area contributed by atoms with Gasteiger partial charge >= 0.3 is 0 Å². The van der Waals surface area contributed by atoms with Crippen molar-refractivity contribution in [3.05, 3.63) is 22.3 Å². The lowest BCUT2D eigenvalue weighted by Gasteiger charge is -2.22. The Bertz CT molecular complexity index is 1170. The second-order valence-corrected chi connectivity index (χ2v) is 12.5. The van der Waals surface area contributed by atoms with Gasteiger partial charge in [-0.15, -0.1) is 22.7 Å². The molecule has 2 atom stereocenters. The predicted octanol–water partition coefficient (Wildman–Crippen LogP) is 4.69. The molecule has 2 aromatic rings. The van der Waals surface area contributed by atoms with Crippen LogP contribution < -0.4 is 9.55 Å². The molecule has 0 aliphatic carbocycles. The van der Waals surface area contributed by atoms with E-state index in [4.69, 9.17) is 15.7 Å². The normalized spacial score (nSPS) is 16.5. The highest BCUT2D eigenvalue weighted by Gasteiger charge is 2.46. The number of hydrogen-bond donors (Lipinski definition) is 0. The van der Waals surface area contributed by atoms with Gasteiger partial charge in [0.25, 0.3) is 23.6 Å². The summed E-state index contributed by atoms with van der Waals surface area (Å²) in [5.74, 6) is -1.10. The summed E-state index contributed by atoms with van der Waals surface area (Å²) < 4.78 is 0.495. The largest absolute Gasteiger partial charge is 0.274 e. The van der Waals surface area contributed by atoms with Gasteiger partial charge in [0.2, 0.25) is 0 Å². The molecule has 4 amide bonds. The molecule has 2 aliphatic heterocycles. The van der Waals surface area contributed by atoms with Gasteiger partial charge < -0.3 is 0 Å². The summed E-state index contributed by atoms with van der Waals surface area (Å²) in [6, 6.07) is 0. The van der Waals surface area contributed by atoms with Crippen molar-refractivity contribution in [1.82, 2.24) is 9.80 Å². The maximum atomic E-state index is 13.6. The van der Waals surface area contributed by atoms with Crippen LogP contribution in [0.3, 0.4) is 0 Å². The first kappa shape index (κ1) is 28.8. The van der Waals surface area contributed by atoms with E-state index >= 15 is 0 Å². The molecule has 10 heteroatoms. The Morgan fingerprint density at radius 3 is 1.26 bits per heavy atom. The third-order valence-corrected chi connectivity index (χ3v) is 10.1. The van der Waals surface area contributed by atoms with E-state index in [-0.39, 0.29) is 67.3 Å². The van der Waals surface area contributed by atoms with Gasteiger partial charge in [-0.3, -0.25) is 29.0 Å². The molecular weight excluding hydrogens is 514 g/mol. The maximum Gasteiger partial charge on any atom is 0.263 e. The zero-order chi connectivity index (χ0) is 27.7. The Kier molecular flexibility index (Phi) is 9.03. The van der Waals surface area contributed by atoms with Crippen molar-refractivity contribution in [1.29, 1.82) is 0 Å². The van der Waals surface area contributed by atoms with Crippen molar-refractivity contribution < 1.29 is 19.2 Å². The van der Waals surface area contributed by atoms with Crippen molar-refractivity contribution in [2.24, 2.45) is 11.8 Å². The van der Waals surface area contributed by atoms with Crippen LogP contribution in [0.2, 0.25) is 0 Å². The third kappa shape index (κ3) is 4.94. The van der Waals surface area contributed by atoms with Crippen LogP contribution >= 0.6 is 22.7 Å². The van der Waals surface area contributed by atoms with Crippen LogP contribution in [-0.4, -0.2) is 62.2 Å². The number of unbranched alkanes of at least 4 members (excludes halogenated alkanes) is 2. The summed E-state index contributed by atoms with van der Waals surface area (Å²) in [4.78, 5) is 57.4. The second kappa shape index (κ2) is 11.9. The Morgan fingerprint density at radius 1 is 0.605 bits per heavy atom. The minimum absolute atomic E-state index is 0.209. The molecule has 2 aromatic heterocycles. The van der Waals surface area contributed by atoms with Crippen molar-refractivity contribution >= 4 is 71.5 Å². The molecule has 198 valence electrons. The first-order valence-corrected chi connectivity index (χ1v) is 15.4. The van der Waals surface area contributed by atoms with Crippen LogP contribution in [0.4, 0.5) is 0 Å². The number of rotatable bonds is 13. The lowest BCUT2D eigenvalue weighted by Crippen LogP contribution is -2.35. The Hall–Kier alpha value is -2.19. The van der Waals surface area contributed by atoms with E-state index in [2.05, 4.69) is 27.7 Å². The smallest absolute Gasteiger partial charge is 0.263 e. The van der Waals surface area contributed by atoms with E-state index < -0.39 is 0 Å². The van der Waals surface area contributed by atoms with E-state index in [0.717, 1.165) is 74.0 Å². The summed E-state index contributed by atoms with van der Waals surface area (Å²) in [5, 5.41) is 0. The lowest BCUT2D eigenvalue weighted by molar-refractivity contribution is 0.0609. The predicted molar refractivity (Wildman–Crippen MR) is 156 cm³/mol. The Labute approximate surface area is 236 Å². The topological polar surface area (TPSA) is 74.8 Å². The Balaban J connectivity index is 1.69. The zero-order valence-electron chi connectivity index (χ0n) is 22.7. The SMILES string of the molecule is [B]c1sc(-c2sc([B])c3c2C(=O)N(CC(CC)CCCC)C3=O)c2c1C(=O)N(CC(CC)CCCC)C2=O. The maximum absolute atomic E-state index is 13.6. The van der Waals surface area contributed by atoms with Gasteiger partial charge in [0.05, 0.1) is 32.0 Å². The quantitative estimate of drug-likeness (QED) is 0.269. The van der Waals surface area contributed by atoms with E-state index in [1.807, 2.05) is 0 Å². The van der Waals surface area contributed by atoms with Gasteiger partial charge in [-0.1, -0.05) is 66.2 Å². The van der Waals surface area contributed by atoms with Crippen LogP contribution in [0.5, 0.6) is 0 Å². The molecule has 4 heterocycles. The number of fused-ring (bicyclic) bond motifs is 2. The molecule has 4 radical (unpaired) electrons. The molecule has 0 spiro atoms. The summed E-state index contributed by atoms with van der Waals surface area (Å²) >= 11 is 2.23. The fourth-order valence-corrected chi connectivity index (χ4v) is 7.70. The highest BCUT2D eigenvalue weighted by atomic mass is 32.1. The summed E-state index contributed by atoms with van der Waals surface area (Å²) in [6.45, 7) is 9.07. The molecule has 0 fully saturated rings. The van der Waals surface area contributed by atoms with Crippen LogP contribution in [0.25, 0.3) is 9.75 Å². The van der Waals surface area contributed by atoms with Crippen LogP contribution in [-0.2, 0) is 0 Å². The van der Waals surface area contributed by atoms with Gasteiger partial charge in [-0.2, -0.15) is 0 Å². The van der Waals surface area contributed by atoms with Crippen LogP contribution in [0.1, 0.15) is 120 Å². The first-order chi connectivity index (χ1) is 18.2. The monoisotopic (exact) mass is 548 g/mol. The minimum Gasteiger partial charge on any atom is -0.274 e. The molecule has 38 heavy (non-hydrogen) atoms. The molecule has 0 bridgehead atoms. The zero-order valence-corrected chi connectivity index (χ0v) is 24.4. The molecule has 0 N–H and O–H groups in total. The average molecular weight is 548 g/mol. The molecular formula is C28H34B2N2O4S2. The van der Waals surface area contributed by atoms with Crippen LogP contribution in [0, 0.1) is 11.8 Å². The number of hydrogen-bond acceptors (Lipinski definition) is 6. The standard InChI is InChI=1S/C28H34B2N2O4S2/c1-5-9-11-15(7-3)13-31-25(33)17-19(27(31)35)23(29)37-21(17)22-18-20(24(30)38-22)28(36)32(26(18)34)14-16(8-4)12-10-6-2/h15-16H,5-14H2,1-4H3. The molecule has 6 nitrogen and oxygen atoms in total. The molecule has 0 aromatic carbocycles. The molecule has 2 unspecified atom stereocenters. The number of amides is 4. The number of imide groups is 2. The average Bonchev–Trinajstić information content (AvgIpc) is 3.57. The fraction of sp³-hybridized carbons (Fsp3) is 0.571. The Morgan fingerprint density at radius 2 is 0.947 bits per heavy atom. The van der Waals surface area contributed by atoms with Crippen molar-refractivity contribution in [2.75, 3.05) is 13.1 Å². The molecule has 0 saturated heterocycles. The van der Waals surface area contributed by atoms with Gasteiger partial charge in [-0.05, 0) is 34.2 Å². The van der Waals surface area contributed by atoms with E-state index in [1.54, 1.807) is 0 Å². The van der Waals surface area contributed by atoms with Crippen molar-refractivity contribution in [2.45, 2.75) is 79.1 Å². The number of carbonyl (C=O) groups is 4. The highest BCUT2D eigenvalue weighted by molar-refractivity contribution is 7.30. The lowest BCUT2D eigenvalue weighted by atomic mass is 9.97. The molecule has 2 aliphatic rings. The number of carbonyl (C=O) groups excluding carboxylic acids is 4. The van der Waals surface area contributed by atoms with Crippen LogP contribution in [0.15, 0.2) is 0 Å². The van der Waals surface area contributed by atoms with Gasteiger partial charge in [-0.25, -0.2) is 0 Å². The van der Waals surface area contributed by atoms with Gasteiger partial charge in [0.15, 0.2) is 0 Å². The third-order valence-electron chi connectivity index (χ3n) is 7.88. The molecule has 4 rings (SSSR count). The van der Waals surface area contributed by atoms with Gasteiger partial charge in [0, 0.05) is 13.1 Å². The molecule has 0 saturated carbocycles. The van der Waals surface area contributed by atoms with Crippen molar-refractivity contribution in [3.63, 3.8) is 0 Å². The second-order valence-electron chi connectivity index (χ2n) is 10.4. The van der Waals surface area contributed by atoms with E-state index in [9.17, 15) is 19.2 Å². The summed E-state index contributed by atoms with van der Waals surface area (Å²) in [7, 11) is 12.6. The van der Waals surface area contributed by atoms with E-state index in [0.29, 0.717) is 22.8 Å². The number of nitrogens with zero attached hydrogens (tertiary/aromatic N) is 2. The summed E-state index contributed by atoms with van der Waals surface area (Å²) in [5.41, 5.74) is 0.889. The summed E-state index contributed by atoms with van der Waals surface area (Å²) in [6.07, 6.45) is 7.79. The first-order valence-electron chi connectivity index (χ1n) is 13.8. The minimum atomic E-state index is -0.386. The highest BCUT2D eigenvalue weighted by Crippen LogP contribution is 2.44.